The van der Waals surface area contributed by atoms with Crippen LogP contribution in [0, 0.1) is 5.82 Å². The number of ether oxygens (including phenoxy) is 1. The smallest absolute Gasteiger partial charge is 0.321 e. The van der Waals surface area contributed by atoms with Crippen molar-refractivity contribution in [2.45, 2.75) is 12.8 Å². The van der Waals surface area contributed by atoms with Gasteiger partial charge in [-0.2, -0.15) is 0 Å². The maximum atomic E-state index is 14.6. The van der Waals surface area contributed by atoms with Crippen LogP contribution in [0.3, 0.4) is 0 Å². The summed E-state index contributed by atoms with van der Waals surface area (Å²) in [5, 5.41) is 2.85. The Hall–Kier alpha value is -4.01. The fourth-order valence-electron chi connectivity index (χ4n) is 3.80. The van der Waals surface area contributed by atoms with Crippen LogP contribution >= 0.6 is 0 Å². The number of amides is 2. The van der Waals surface area contributed by atoms with Crippen LogP contribution in [0.4, 0.5) is 14.9 Å². The third kappa shape index (κ3) is 3.73. The molecule has 0 aliphatic carbocycles. The fourth-order valence-corrected chi connectivity index (χ4v) is 3.80. The molecule has 5 rings (SSSR count). The number of nitrogens with zero attached hydrogens (tertiary/aromatic N) is 5. The third-order valence-electron chi connectivity index (χ3n) is 5.46. The summed E-state index contributed by atoms with van der Waals surface area (Å²) in [6.07, 6.45) is 5.44. The molecule has 0 unspecified atom stereocenters. The lowest BCUT2D eigenvalue weighted by Crippen LogP contribution is -2.32. The van der Waals surface area contributed by atoms with E-state index in [1.54, 1.807) is 53.1 Å². The van der Waals surface area contributed by atoms with Gasteiger partial charge in [0.1, 0.15) is 5.82 Å². The van der Waals surface area contributed by atoms with Gasteiger partial charge in [-0.05, 0) is 43.2 Å². The summed E-state index contributed by atoms with van der Waals surface area (Å²) >= 11 is 0. The van der Waals surface area contributed by atoms with Gasteiger partial charge in [0.15, 0.2) is 0 Å². The molecule has 0 radical (unpaired) electrons. The zero-order valence-electron chi connectivity index (χ0n) is 17.5. The molecule has 2 amide bonds. The second kappa shape index (κ2) is 8.26. The lowest BCUT2D eigenvalue weighted by Gasteiger charge is -2.16. The highest BCUT2D eigenvalue weighted by atomic mass is 19.1. The molecule has 0 atom stereocenters. The minimum Gasteiger partial charge on any atom is -0.481 e. The highest BCUT2D eigenvalue weighted by Gasteiger charge is 2.19. The Labute approximate surface area is 183 Å². The first-order chi connectivity index (χ1) is 15.6. The van der Waals surface area contributed by atoms with Crippen molar-refractivity contribution < 1.29 is 13.9 Å². The number of benzene rings is 1. The number of rotatable bonds is 4. The first kappa shape index (κ1) is 19.9. The van der Waals surface area contributed by atoms with Gasteiger partial charge >= 0.3 is 6.03 Å². The minimum absolute atomic E-state index is 0.174. The van der Waals surface area contributed by atoms with Crippen LogP contribution in [-0.2, 0) is 0 Å². The second-order valence-corrected chi connectivity index (χ2v) is 7.51. The van der Waals surface area contributed by atoms with E-state index in [4.69, 9.17) is 4.74 Å². The Kier molecular flexibility index (Phi) is 5.14. The molecule has 1 aliphatic heterocycles. The number of nitrogens with one attached hydrogen (secondary N) is 1. The largest absolute Gasteiger partial charge is 0.481 e. The quantitative estimate of drug-likeness (QED) is 0.522. The number of methoxy groups -OCH3 is 1. The maximum absolute atomic E-state index is 14.6. The summed E-state index contributed by atoms with van der Waals surface area (Å²) in [7, 11) is 1.56. The number of carbonyl (C=O) groups is 1. The van der Waals surface area contributed by atoms with Gasteiger partial charge in [-0.1, -0.05) is 6.07 Å². The molecule has 32 heavy (non-hydrogen) atoms. The molecule has 4 aromatic rings. The Morgan fingerprint density at radius 1 is 1.09 bits per heavy atom. The first-order valence-electron chi connectivity index (χ1n) is 10.3. The van der Waals surface area contributed by atoms with E-state index in [2.05, 4.69) is 20.3 Å². The monoisotopic (exact) mass is 432 g/mol. The molecule has 3 aromatic heterocycles. The van der Waals surface area contributed by atoms with Crippen molar-refractivity contribution >= 4 is 17.5 Å². The zero-order valence-corrected chi connectivity index (χ0v) is 17.5. The van der Waals surface area contributed by atoms with Crippen LogP contribution in [0.15, 0.2) is 54.9 Å². The molecular weight excluding hydrogens is 411 g/mol. The summed E-state index contributed by atoms with van der Waals surface area (Å²) in [4.78, 5) is 27.5. The van der Waals surface area contributed by atoms with E-state index in [9.17, 15) is 9.18 Å². The fraction of sp³-hybridized carbons (Fsp3) is 0.217. The van der Waals surface area contributed by atoms with Gasteiger partial charge in [0, 0.05) is 36.6 Å². The van der Waals surface area contributed by atoms with E-state index in [1.807, 2.05) is 12.1 Å². The van der Waals surface area contributed by atoms with E-state index >= 15 is 0 Å². The number of hydrogen-bond acceptors (Lipinski definition) is 5. The summed E-state index contributed by atoms with van der Waals surface area (Å²) in [5.74, 6) is 0.479. The van der Waals surface area contributed by atoms with Gasteiger partial charge in [0.25, 0.3) is 0 Å². The molecule has 4 heterocycles. The van der Waals surface area contributed by atoms with E-state index < -0.39 is 5.82 Å². The second-order valence-electron chi connectivity index (χ2n) is 7.51. The van der Waals surface area contributed by atoms with Crippen molar-refractivity contribution in [1.82, 2.24) is 24.3 Å². The van der Waals surface area contributed by atoms with Crippen LogP contribution in [0.2, 0.25) is 0 Å². The van der Waals surface area contributed by atoms with E-state index in [0.717, 1.165) is 31.6 Å². The maximum Gasteiger partial charge on any atom is 0.321 e. The normalized spacial score (nSPS) is 13.5. The standard InChI is InChI=1S/C23H21FN6O2/c1-32-21-6-4-5-19(27-21)20-14-25-22-28-18(9-12-30(20)22)16-13-15(7-8-17(16)24)26-23(31)29-10-2-3-11-29/h4-9,12-14H,2-3,10-11H2,1H3,(H,26,31). The molecule has 1 aliphatic rings. The summed E-state index contributed by atoms with van der Waals surface area (Å²) in [5.41, 5.74) is 2.65. The van der Waals surface area contributed by atoms with Crippen LogP contribution in [0.1, 0.15) is 12.8 Å². The van der Waals surface area contributed by atoms with Crippen LogP contribution in [0.5, 0.6) is 5.88 Å². The number of hydrogen-bond donors (Lipinski definition) is 1. The van der Waals surface area contributed by atoms with Crippen LogP contribution < -0.4 is 10.1 Å². The van der Waals surface area contributed by atoms with E-state index in [0.29, 0.717) is 28.7 Å². The van der Waals surface area contributed by atoms with Gasteiger partial charge in [-0.25, -0.2) is 24.1 Å². The van der Waals surface area contributed by atoms with Crippen molar-refractivity contribution in [2.24, 2.45) is 0 Å². The molecule has 8 nitrogen and oxygen atoms in total. The molecule has 0 spiro atoms. The minimum atomic E-state index is -0.428. The molecular formula is C23H21FN6O2. The Bertz CT molecular complexity index is 1300. The molecule has 0 saturated carbocycles. The third-order valence-corrected chi connectivity index (χ3v) is 5.46. The average Bonchev–Trinajstić information content (AvgIpc) is 3.50. The summed E-state index contributed by atoms with van der Waals surface area (Å²) in [6.45, 7) is 1.48. The van der Waals surface area contributed by atoms with Gasteiger partial charge < -0.3 is 15.0 Å². The number of urea groups is 1. The highest BCUT2D eigenvalue weighted by molar-refractivity contribution is 5.90. The number of halogens is 1. The van der Waals surface area contributed by atoms with Gasteiger partial charge in [-0.3, -0.25) is 4.40 Å². The zero-order chi connectivity index (χ0) is 22.1. The number of imidazole rings is 1. The van der Waals surface area contributed by atoms with Crippen molar-refractivity contribution in [2.75, 3.05) is 25.5 Å². The number of likely N-dealkylation sites (tertiary alicyclic amines) is 1. The van der Waals surface area contributed by atoms with Crippen molar-refractivity contribution in [3.8, 4) is 28.5 Å². The number of aromatic nitrogens is 4. The van der Waals surface area contributed by atoms with Gasteiger partial charge in [0.2, 0.25) is 11.7 Å². The molecule has 9 heteroatoms. The Balaban J connectivity index is 1.46. The van der Waals surface area contributed by atoms with Gasteiger partial charge in [-0.15, -0.1) is 0 Å². The first-order valence-corrected chi connectivity index (χ1v) is 10.3. The van der Waals surface area contributed by atoms with Crippen molar-refractivity contribution in [3.63, 3.8) is 0 Å². The number of carbonyl (C=O) groups excluding carboxylic acids is 1. The SMILES string of the molecule is COc1cccc(-c2cnc3nc(-c4cc(NC(=O)N5CCCC5)ccc4F)ccn23)n1. The van der Waals surface area contributed by atoms with Crippen molar-refractivity contribution in [3.05, 3.63) is 60.7 Å². The molecule has 0 bridgehead atoms. The average molecular weight is 432 g/mol. The topological polar surface area (TPSA) is 84.7 Å². The van der Waals surface area contributed by atoms with E-state index in [-0.39, 0.29) is 11.6 Å². The number of fused-ring (bicyclic) bond motifs is 1. The lowest BCUT2D eigenvalue weighted by molar-refractivity contribution is 0.222. The molecule has 1 N–H and O–H groups in total. The molecule has 1 fully saturated rings. The van der Waals surface area contributed by atoms with Crippen LogP contribution in [0.25, 0.3) is 28.4 Å². The van der Waals surface area contributed by atoms with Crippen LogP contribution in [-0.4, -0.2) is 50.5 Å². The predicted molar refractivity (Wildman–Crippen MR) is 118 cm³/mol. The molecule has 1 saturated heterocycles. The molecule has 162 valence electrons. The highest BCUT2D eigenvalue weighted by Crippen LogP contribution is 2.27. The van der Waals surface area contributed by atoms with E-state index in [1.165, 1.54) is 6.07 Å². The lowest BCUT2D eigenvalue weighted by atomic mass is 10.1. The Morgan fingerprint density at radius 2 is 1.94 bits per heavy atom. The number of anilines is 1. The molecule has 1 aromatic carbocycles. The van der Waals surface area contributed by atoms with Crippen molar-refractivity contribution in [1.29, 1.82) is 0 Å². The van der Waals surface area contributed by atoms with Gasteiger partial charge in [0.05, 0.1) is 30.4 Å². The summed E-state index contributed by atoms with van der Waals surface area (Å²) < 4.78 is 21.6. The number of pyridine rings is 1. The Morgan fingerprint density at radius 3 is 2.75 bits per heavy atom. The summed E-state index contributed by atoms with van der Waals surface area (Å²) in [6, 6.07) is 11.5. The predicted octanol–water partition coefficient (Wildman–Crippen LogP) is 4.23.